The Bertz CT molecular complexity index is 546. The molecule has 4 rings (SSSR count). The van der Waals surface area contributed by atoms with Crippen LogP contribution in [0.15, 0.2) is 11.6 Å². The number of hydrogen-bond donors (Lipinski definition) is 0. The number of ketones is 2. The number of allylic oxidation sites excluding steroid dienone is 2. The van der Waals surface area contributed by atoms with E-state index >= 15 is 0 Å². The Hall–Kier alpha value is -0.920. The molecule has 0 aliphatic heterocycles. The first-order valence-corrected chi connectivity index (χ1v) is 8.71. The lowest BCUT2D eigenvalue weighted by Gasteiger charge is -2.57. The highest BCUT2D eigenvalue weighted by atomic mass is 16.1. The maximum atomic E-state index is 12.3. The molecule has 3 saturated carbocycles. The van der Waals surface area contributed by atoms with Gasteiger partial charge in [0.2, 0.25) is 0 Å². The number of Topliss-reactive ketones (excluding diaryl/α,β-unsaturated/α-hetero) is 2. The largest absolute Gasteiger partial charge is 0.300 e. The van der Waals surface area contributed by atoms with E-state index in [0.29, 0.717) is 41.2 Å². The molecular formula is C19H26O2. The summed E-state index contributed by atoms with van der Waals surface area (Å²) in [7, 11) is 0. The first kappa shape index (κ1) is 13.7. The van der Waals surface area contributed by atoms with Gasteiger partial charge in [0.1, 0.15) is 11.6 Å². The topological polar surface area (TPSA) is 34.1 Å². The van der Waals surface area contributed by atoms with Crippen molar-refractivity contribution < 1.29 is 9.59 Å². The number of hydrogen-bond acceptors (Lipinski definition) is 2. The predicted molar refractivity (Wildman–Crippen MR) is 81.7 cm³/mol. The van der Waals surface area contributed by atoms with E-state index in [9.17, 15) is 9.59 Å². The van der Waals surface area contributed by atoms with E-state index in [1.165, 1.54) is 24.8 Å². The summed E-state index contributed by atoms with van der Waals surface area (Å²) in [4.78, 5) is 24.2. The standard InChI is InChI=1S/C19H26O2/c1-18-9-7-13(20)11-12(18)3-4-14-15-5-6-17(21)19(15,2)10-8-16(14)18/h5,12,14,16H,3-4,6-11H2,1-2H3/t12-,14-,16+,18+,19-/m0/s1. The summed E-state index contributed by atoms with van der Waals surface area (Å²) in [6.45, 7) is 4.63. The molecule has 0 aromatic heterocycles. The number of carbonyl (C=O) groups excluding carboxylic acids is 2. The minimum atomic E-state index is -0.144. The summed E-state index contributed by atoms with van der Waals surface area (Å²) < 4.78 is 0. The van der Waals surface area contributed by atoms with Gasteiger partial charge in [-0.2, -0.15) is 0 Å². The van der Waals surface area contributed by atoms with Crippen molar-refractivity contribution in [3.8, 4) is 0 Å². The van der Waals surface area contributed by atoms with E-state index in [1.54, 1.807) is 0 Å². The van der Waals surface area contributed by atoms with Gasteiger partial charge in [0, 0.05) is 24.7 Å². The van der Waals surface area contributed by atoms with Gasteiger partial charge in [0.25, 0.3) is 0 Å². The fourth-order valence-electron chi connectivity index (χ4n) is 6.19. The Balaban J connectivity index is 1.68. The van der Waals surface area contributed by atoms with Gasteiger partial charge in [-0.05, 0) is 62.2 Å². The fourth-order valence-corrected chi connectivity index (χ4v) is 6.19. The van der Waals surface area contributed by atoms with Crippen molar-refractivity contribution >= 4 is 11.6 Å². The minimum absolute atomic E-state index is 0.144. The molecule has 0 heterocycles. The first-order chi connectivity index (χ1) is 9.95. The molecule has 0 N–H and O–H groups in total. The maximum absolute atomic E-state index is 12.3. The number of carbonyl (C=O) groups is 2. The van der Waals surface area contributed by atoms with E-state index in [-0.39, 0.29) is 5.41 Å². The molecule has 0 unspecified atom stereocenters. The molecule has 0 spiro atoms. The van der Waals surface area contributed by atoms with Crippen LogP contribution in [-0.2, 0) is 9.59 Å². The second kappa shape index (κ2) is 4.30. The highest BCUT2D eigenvalue weighted by molar-refractivity contribution is 5.92. The number of fused-ring (bicyclic) bond motifs is 5. The smallest absolute Gasteiger partial charge is 0.146 e. The fraction of sp³-hybridized carbons (Fsp3) is 0.789. The molecule has 4 aliphatic carbocycles. The molecule has 2 nitrogen and oxygen atoms in total. The average molecular weight is 286 g/mol. The third-order valence-electron chi connectivity index (χ3n) is 7.62. The van der Waals surface area contributed by atoms with Crippen molar-refractivity contribution in [2.75, 3.05) is 0 Å². The molecule has 0 saturated heterocycles. The van der Waals surface area contributed by atoms with Gasteiger partial charge in [-0.3, -0.25) is 9.59 Å². The zero-order chi connectivity index (χ0) is 14.8. The molecule has 5 atom stereocenters. The molecule has 0 radical (unpaired) electrons. The van der Waals surface area contributed by atoms with E-state index < -0.39 is 0 Å². The molecule has 114 valence electrons. The van der Waals surface area contributed by atoms with Crippen LogP contribution in [0.1, 0.15) is 65.2 Å². The molecule has 0 aromatic carbocycles. The van der Waals surface area contributed by atoms with E-state index in [2.05, 4.69) is 19.9 Å². The summed E-state index contributed by atoms with van der Waals surface area (Å²) in [5.74, 6) is 2.84. The van der Waals surface area contributed by atoms with Crippen LogP contribution in [0.2, 0.25) is 0 Å². The number of rotatable bonds is 0. The zero-order valence-corrected chi connectivity index (χ0v) is 13.3. The highest BCUT2D eigenvalue weighted by Gasteiger charge is 2.57. The molecule has 0 aromatic rings. The maximum Gasteiger partial charge on any atom is 0.146 e. The summed E-state index contributed by atoms with van der Waals surface area (Å²) in [5.41, 5.74) is 1.67. The van der Waals surface area contributed by atoms with Gasteiger partial charge in [-0.1, -0.05) is 18.6 Å². The first-order valence-electron chi connectivity index (χ1n) is 8.71. The summed E-state index contributed by atoms with van der Waals surface area (Å²) in [6, 6.07) is 0. The second-order valence-electron chi connectivity index (χ2n) is 8.39. The Morgan fingerprint density at radius 3 is 2.71 bits per heavy atom. The van der Waals surface area contributed by atoms with Gasteiger partial charge in [0.05, 0.1) is 0 Å². The molecule has 21 heavy (non-hydrogen) atoms. The van der Waals surface area contributed by atoms with Crippen molar-refractivity contribution in [3.05, 3.63) is 11.6 Å². The molecule has 3 fully saturated rings. The van der Waals surface area contributed by atoms with Crippen LogP contribution in [0.4, 0.5) is 0 Å². The van der Waals surface area contributed by atoms with Crippen LogP contribution in [-0.4, -0.2) is 11.6 Å². The predicted octanol–water partition coefficient (Wildman–Crippen LogP) is 4.09. The zero-order valence-electron chi connectivity index (χ0n) is 13.3. The van der Waals surface area contributed by atoms with Crippen LogP contribution in [0.5, 0.6) is 0 Å². The van der Waals surface area contributed by atoms with Gasteiger partial charge < -0.3 is 0 Å². The Morgan fingerprint density at radius 1 is 1.10 bits per heavy atom. The molecular weight excluding hydrogens is 260 g/mol. The monoisotopic (exact) mass is 286 g/mol. The van der Waals surface area contributed by atoms with Crippen LogP contribution < -0.4 is 0 Å². The lowest BCUT2D eigenvalue weighted by atomic mass is 9.46. The van der Waals surface area contributed by atoms with Crippen molar-refractivity contribution in [2.45, 2.75) is 65.2 Å². The quantitative estimate of drug-likeness (QED) is 0.629. The second-order valence-corrected chi connectivity index (χ2v) is 8.39. The van der Waals surface area contributed by atoms with E-state index in [1.807, 2.05) is 0 Å². The summed E-state index contributed by atoms with van der Waals surface area (Å²) in [6.07, 6.45) is 10.2. The Kier molecular flexibility index (Phi) is 2.81. The van der Waals surface area contributed by atoms with Crippen molar-refractivity contribution in [2.24, 2.45) is 28.6 Å². The van der Waals surface area contributed by atoms with Gasteiger partial charge >= 0.3 is 0 Å². The van der Waals surface area contributed by atoms with E-state index in [0.717, 1.165) is 25.7 Å². The van der Waals surface area contributed by atoms with Crippen LogP contribution in [0, 0.1) is 28.6 Å². The summed E-state index contributed by atoms with van der Waals surface area (Å²) in [5, 5.41) is 0. The molecule has 0 amide bonds. The van der Waals surface area contributed by atoms with Gasteiger partial charge in [-0.25, -0.2) is 0 Å². The van der Waals surface area contributed by atoms with E-state index in [4.69, 9.17) is 0 Å². The molecule has 0 bridgehead atoms. The minimum Gasteiger partial charge on any atom is -0.300 e. The van der Waals surface area contributed by atoms with Crippen molar-refractivity contribution in [1.82, 2.24) is 0 Å². The Morgan fingerprint density at radius 2 is 1.90 bits per heavy atom. The summed E-state index contributed by atoms with van der Waals surface area (Å²) >= 11 is 0. The van der Waals surface area contributed by atoms with Gasteiger partial charge in [0.15, 0.2) is 0 Å². The normalized spacial score (nSPS) is 49.2. The average Bonchev–Trinajstić information content (AvgIpc) is 2.76. The van der Waals surface area contributed by atoms with Crippen LogP contribution in [0.25, 0.3) is 0 Å². The van der Waals surface area contributed by atoms with Crippen LogP contribution in [0.3, 0.4) is 0 Å². The molecule has 4 aliphatic rings. The van der Waals surface area contributed by atoms with Crippen molar-refractivity contribution in [3.63, 3.8) is 0 Å². The SMILES string of the molecule is C[C@]12CC[C@@H]3[C@@H](CC[C@H]4CC(=O)CC[C@]43C)C1=CCC2=O. The molecule has 2 heteroatoms. The third-order valence-corrected chi connectivity index (χ3v) is 7.62. The lowest BCUT2D eigenvalue weighted by Crippen LogP contribution is -2.51. The van der Waals surface area contributed by atoms with Crippen molar-refractivity contribution in [1.29, 1.82) is 0 Å². The third kappa shape index (κ3) is 1.71. The van der Waals surface area contributed by atoms with Crippen LogP contribution >= 0.6 is 0 Å². The Labute approximate surface area is 127 Å². The lowest BCUT2D eigenvalue weighted by molar-refractivity contribution is -0.133. The highest BCUT2D eigenvalue weighted by Crippen LogP contribution is 2.63. The van der Waals surface area contributed by atoms with Gasteiger partial charge in [-0.15, -0.1) is 0 Å².